The van der Waals surface area contributed by atoms with Crippen LogP contribution in [-0.2, 0) is 14.1 Å². The van der Waals surface area contributed by atoms with Crippen LogP contribution in [0.15, 0.2) is 36.7 Å². The maximum Gasteiger partial charge on any atom is 0.112 e. The van der Waals surface area contributed by atoms with E-state index in [1.54, 1.807) is 0 Å². The Balaban J connectivity index is 1.47. The van der Waals surface area contributed by atoms with Crippen molar-refractivity contribution in [1.29, 1.82) is 0 Å². The van der Waals surface area contributed by atoms with Crippen LogP contribution in [0.2, 0.25) is 0 Å². The molecule has 0 bridgehead atoms. The average molecular weight is 452 g/mol. The van der Waals surface area contributed by atoms with Crippen LogP contribution in [0.3, 0.4) is 0 Å². The van der Waals surface area contributed by atoms with Crippen molar-refractivity contribution in [1.82, 2.24) is 34.8 Å². The fourth-order valence-electron chi connectivity index (χ4n) is 6.25. The van der Waals surface area contributed by atoms with Crippen molar-refractivity contribution in [3.8, 4) is 22.5 Å². The first kappa shape index (κ1) is 20.0. The third-order valence-corrected chi connectivity index (χ3v) is 8.38. The predicted molar refractivity (Wildman–Crippen MR) is 135 cm³/mol. The molecule has 2 aliphatic rings. The van der Waals surface area contributed by atoms with E-state index in [9.17, 15) is 0 Å². The van der Waals surface area contributed by atoms with E-state index in [4.69, 9.17) is 4.98 Å². The Morgan fingerprint density at radius 1 is 1.06 bits per heavy atom. The van der Waals surface area contributed by atoms with Crippen LogP contribution in [0, 0.1) is 19.3 Å². The summed E-state index contributed by atoms with van der Waals surface area (Å²) in [6, 6.07) is 8.77. The lowest BCUT2D eigenvalue weighted by Crippen LogP contribution is -2.59. The molecule has 0 atom stereocenters. The predicted octanol–water partition coefficient (Wildman–Crippen LogP) is 4.60. The Kier molecular flexibility index (Phi) is 3.99. The van der Waals surface area contributed by atoms with Gasteiger partial charge in [0.05, 0.1) is 34.8 Å². The van der Waals surface area contributed by atoms with E-state index >= 15 is 0 Å². The van der Waals surface area contributed by atoms with E-state index in [1.807, 2.05) is 24.1 Å². The van der Waals surface area contributed by atoms with Crippen LogP contribution in [-0.4, -0.2) is 42.6 Å². The normalized spacial score (nSPS) is 17.5. The number of fused-ring (bicyclic) bond motifs is 2. The smallest absolute Gasteiger partial charge is 0.112 e. The van der Waals surface area contributed by atoms with Crippen molar-refractivity contribution in [2.24, 2.45) is 19.5 Å². The lowest BCUT2D eigenvalue weighted by molar-refractivity contribution is 0.0321. The summed E-state index contributed by atoms with van der Waals surface area (Å²) in [4.78, 5) is 5.36. The van der Waals surface area contributed by atoms with E-state index in [-0.39, 0.29) is 0 Å². The third-order valence-electron chi connectivity index (χ3n) is 8.38. The molecule has 7 heteroatoms. The Morgan fingerprint density at radius 3 is 2.65 bits per heavy atom. The average Bonchev–Trinajstić information content (AvgIpc) is 3.46. The van der Waals surface area contributed by atoms with Gasteiger partial charge in [-0.05, 0) is 61.4 Å². The Labute approximate surface area is 198 Å². The third kappa shape index (κ3) is 2.64. The zero-order valence-corrected chi connectivity index (χ0v) is 20.1. The minimum atomic E-state index is 0.503. The maximum atomic E-state index is 5.36. The van der Waals surface area contributed by atoms with Crippen molar-refractivity contribution in [3.63, 3.8) is 0 Å². The van der Waals surface area contributed by atoms with Gasteiger partial charge in [-0.1, -0.05) is 6.07 Å². The summed E-state index contributed by atoms with van der Waals surface area (Å²) in [7, 11) is 4.18. The van der Waals surface area contributed by atoms with Gasteiger partial charge in [-0.3, -0.25) is 9.78 Å². The molecule has 0 radical (unpaired) electrons. The Hall–Kier alpha value is -3.45. The molecule has 1 aliphatic carbocycles. The SMILES string of the molecule is Cc1cc2[nH]ncc2c(-c2c(-c3ccc4c(cnn4C)c3)nc(C3CC4(CNC4)C3)n2C)c1C. The first-order valence-electron chi connectivity index (χ1n) is 12.1. The van der Waals surface area contributed by atoms with Gasteiger partial charge in [0.25, 0.3) is 0 Å². The van der Waals surface area contributed by atoms with E-state index in [1.165, 1.54) is 41.1 Å². The number of aryl methyl sites for hydroxylation is 2. The highest BCUT2D eigenvalue weighted by molar-refractivity contribution is 6.00. The first-order chi connectivity index (χ1) is 16.4. The molecule has 1 saturated carbocycles. The first-order valence-corrected chi connectivity index (χ1v) is 12.1. The standard InChI is InChI=1S/C27H29N7/c1-15-7-21-20(12-29-32-21)23(16(15)2)25-24(17-5-6-22-18(8-17)11-30-34(22)4)31-26(33(25)3)19-9-27(10-19)13-28-14-27/h5-8,11-12,19,28H,9-10,13-14H2,1-4H3,(H,29,32). The van der Waals surface area contributed by atoms with Crippen LogP contribution >= 0.6 is 0 Å². The number of H-pyrrole nitrogens is 1. The largest absolute Gasteiger partial charge is 0.330 e. The summed E-state index contributed by atoms with van der Waals surface area (Å²) in [6.45, 7) is 6.70. The summed E-state index contributed by atoms with van der Waals surface area (Å²) in [5.74, 6) is 1.71. The molecule has 7 nitrogen and oxygen atoms in total. The van der Waals surface area contributed by atoms with Gasteiger partial charge < -0.3 is 9.88 Å². The van der Waals surface area contributed by atoms with Crippen LogP contribution in [0.1, 0.15) is 35.7 Å². The molecule has 2 N–H and O–H groups in total. The van der Waals surface area contributed by atoms with E-state index in [0.29, 0.717) is 11.3 Å². The molecule has 1 saturated heterocycles. The molecule has 34 heavy (non-hydrogen) atoms. The molecule has 3 aromatic heterocycles. The summed E-state index contributed by atoms with van der Waals surface area (Å²) < 4.78 is 4.28. The number of imidazole rings is 1. The fourth-order valence-corrected chi connectivity index (χ4v) is 6.25. The monoisotopic (exact) mass is 451 g/mol. The zero-order chi connectivity index (χ0) is 23.2. The molecular weight excluding hydrogens is 422 g/mol. The minimum absolute atomic E-state index is 0.503. The summed E-state index contributed by atoms with van der Waals surface area (Å²) in [5.41, 5.74) is 9.82. The molecule has 1 spiro atoms. The molecule has 0 amide bonds. The number of hydrogen-bond acceptors (Lipinski definition) is 4. The molecule has 7 rings (SSSR count). The molecule has 172 valence electrons. The van der Waals surface area contributed by atoms with Gasteiger partial charge in [0.1, 0.15) is 5.82 Å². The summed E-state index contributed by atoms with van der Waals surface area (Å²) in [6.07, 6.45) is 6.34. The highest BCUT2D eigenvalue weighted by Crippen LogP contribution is 2.54. The highest BCUT2D eigenvalue weighted by Gasteiger charge is 2.50. The lowest BCUT2D eigenvalue weighted by Gasteiger charge is -2.54. The maximum absolute atomic E-state index is 5.36. The molecule has 2 fully saturated rings. The second kappa shape index (κ2) is 6.79. The van der Waals surface area contributed by atoms with Crippen molar-refractivity contribution in [2.75, 3.05) is 13.1 Å². The van der Waals surface area contributed by atoms with Gasteiger partial charge in [0, 0.05) is 55.0 Å². The Bertz CT molecular complexity index is 1590. The molecule has 2 aromatic carbocycles. The zero-order valence-electron chi connectivity index (χ0n) is 20.1. The van der Waals surface area contributed by atoms with E-state index in [2.05, 4.69) is 70.3 Å². The quantitative estimate of drug-likeness (QED) is 0.420. The number of benzene rings is 2. The van der Waals surface area contributed by atoms with Crippen LogP contribution in [0.4, 0.5) is 0 Å². The summed E-state index contributed by atoms with van der Waals surface area (Å²) >= 11 is 0. The lowest BCUT2D eigenvalue weighted by atomic mass is 9.58. The van der Waals surface area contributed by atoms with Crippen LogP contribution in [0.25, 0.3) is 44.3 Å². The molecule has 0 unspecified atom stereocenters. The molecule has 4 heterocycles. The van der Waals surface area contributed by atoms with Gasteiger partial charge >= 0.3 is 0 Å². The second-order valence-corrected chi connectivity index (χ2v) is 10.5. The number of aromatic amines is 1. The Morgan fingerprint density at radius 2 is 1.88 bits per heavy atom. The van der Waals surface area contributed by atoms with Gasteiger partial charge in [-0.15, -0.1) is 0 Å². The topological polar surface area (TPSA) is 76.3 Å². The van der Waals surface area contributed by atoms with E-state index < -0.39 is 0 Å². The van der Waals surface area contributed by atoms with Crippen LogP contribution in [0.5, 0.6) is 0 Å². The highest BCUT2D eigenvalue weighted by atomic mass is 15.2. The van der Waals surface area contributed by atoms with Gasteiger partial charge in [0.15, 0.2) is 0 Å². The van der Waals surface area contributed by atoms with E-state index in [0.717, 1.165) is 46.2 Å². The molecular formula is C27H29N7. The number of aromatic nitrogens is 6. The molecule has 1 aliphatic heterocycles. The number of nitrogens with zero attached hydrogens (tertiary/aromatic N) is 5. The van der Waals surface area contributed by atoms with Gasteiger partial charge in [-0.2, -0.15) is 10.2 Å². The number of rotatable bonds is 3. The van der Waals surface area contributed by atoms with Gasteiger partial charge in [0.2, 0.25) is 0 Å². The van der Waals surface area contributed by atoms with Gasteiger partial charge in [-0.25, -0.2) is 4.98 Å². The van der Waals surface area contributed by atoms with Crippen molar-refractivity contribution >= 4 is 21.8 Å². The van der Waals surface area contributed by atoms with Crippen molar-refractivity contribution < 1.29 is 0 Å². The van der Waals surface area contributed by atoms with Crippen LogP contribution < -0.4 is 5.32 Å². The fraction of sp³-hybridized carbons (Fsp3) is 0.370. The number of nitrogens with one attached hydrogen (secondary N) is 2. The second-order valence-electron chi connectivity index (χ2n) is 10.5. The molecule has 5 aromatic rings. The van der Waals surface area contributed by atoms with Crippen molar-refractivity contribution in [3.05, 3.63) is 53.6 Å². The summed E-state index contributed by atoms with van der Waals surface area (Å²) in [5, 5.41) is 17.8. The minimum Gasteiger partial charge on any atom is -0.330 e. The van der Waals surface area contributed by atoms with Crippen molar-refractivity contribution in [2.45, 2.75) is 32.6 Å². The number of hydrogen-bond donors (Lipinski definition) is 2.